The van der Waals surface area contributed by atoms with Gasteiger partial charge in [0.05, 0.1) is 0 Å². The van der Waals surface area contributed by atoms with Crippen LogP contribution < -0.4 is 0 Å². The first kappa shape index (κ1) is 13.6. The molecule has 0 radical (unpaired) electrons. The molecule has 0 spiro atoms. The second kappa shape index (κ2) is 5.05. The third kappa shape index (κ3) is 2.77. The van der Waals surface area contributed by atoms with Crippen LogP contribution in [-0.2, 0) is 0 Å². The summed E-state index contributed by atoms with van der Waals surface area (Å²) < 4.78 is 0. The molecule has 1 fully saturated rings. The van der Waals surface area contributed by atoms with Crippen molar-refractivity contribution >= 4 is 17.4 Å². The molecular weight excluding hydrogens is 244 g/mol. The Balaban J connectivity index is 2.34. The van der Waals surface area contributed by atoms with Gasteiger partial charge in [-0.15, -0.1) is 0 Å². The van der Waals surface area contributed by atoms with Gasteiger partial charge in [-0.25, -0.2) is 0 Å². The number of hydrogen-bond donors (Lipinski definition) is 0. The van der Waals surface area contributed by atoms with Crippen molar-refractivity contribution in [3.63, 3.8) is 0 Å². The summed E-state index contributed by atoms with van der Waals surface area (Å²) in [6.45, 7) is 5.87. The molecule has 0 aliphatic heterocycles. The number of ketones is 1. The van der Waals surface area contributed by atoms with Gasteiger partial charge in [0.15, 0.2) is 5.78 Å². The average molecular weight is 265 g/mol. The summed E-state index contributed by atoms with van der Waals surface area (Å²) >= 11 is 6.28. The van der Waals surface area contributed by atoms with E-state index in [0.717, 1.165) is 10.6 Å². The maximum atomic E-state index is 12.3. The van der Waals surface area contributed by atoms with Crippen molar-refractivity contribution in [2.75, 3.05) is 0 Å². The van der Waals surface area contributed by atoms with Crippen LogP contribution in [0.1, 0.15) is 68.3 Å². The minimum atomic E-state index is -0.333. The SMILES string of the molecule is CC(C)(C)C(=O)c1ccc(Cl)c(C2CCCC2)c1. The van der Waals surface area contributed by atoms with E-state index in [9.17, 15) is 4.79 Å². The predicted octanol–water partition coefficient (Wildman–Crippen LogP) is 5.23. The quantitative estimate of drug-likeness (QED) is 0.669. The van der Waals surface area contributed by atoms with Crippen molar-refractivity contribution in [1.29, 1.82) is 0 Å². The van der Waals surface area contributed by atoms with Crippen LogP contribution in [0.4, 0.5) is 0 Å². The minimum absolute atomic E-state index is 0.193. The zero-order chi connectivity index (χ0) is 13.3. The molecule has 1 saturated carbocycles. The molecule has 98 valence electrons. The monoisotopic (exact) mass is 264 g/mol. The first-order valence-corrected chi connectivity index (χ1v) is 7.11. The summed E-state index contributed by atoms with van der Waals surface area (Å²) in [5.41, 5.74) is 1.64. The number of Topliss-reactive ketones (excluding diaryl/α,β-unsaturated/α-hetero) is 1. The van der Waals surface area contributed by atoms with Crippen molar-refractivity contribution < 1.29 is 4.79 Å². The van der Waals surface area contributed by atoms with Crippen LogP contribution in [-0.4, -0.2) is 5.78 Å². The number of carbonyl (C=O) groups is 1. The lowest BCUT2D eigenvalue weighted by Crippen LogP contribution is -2.20. The van der Waals surface area contributed by atoms with Gasteiger partial charge in [-0.3, -0.25) is 4.79 Å². The lowest BCUT2D eigenvalue weighted by Gasteiger charge is -2.19. The van der Waals surface area contributed by atoms with Gasteiger partial charge in [0, 0.05) is 16.0 Å². The fourth-order valence-electron chi connectivity index (χ4n) is 2.67. The van der Waals surface area contributed by atoms with Gasteiger partial charge in [-0.05, 0) is 42.5 Å². The van der Waals surface area contributed by atoms with E-state index in [4.69, 9.17) is 11.6 Å². The molecule has 18 heavy (non-hydrogen) atoms. The van der Waals surface area contributed by atoms with Gasteiger partial charge in [-0.1, -0.05) is 45.2 Å². The second-order valence-electron chi connectivity index (χ2n) is 6.30. The summed E-state index contributed by atoms with van der Waals surface area (Å²) in [6, 6.07) is 5.76. The van der Waals surface area contributed by atoms with Gasteiger partial charge in [0.1, 0.15) is 0 Å². The van der Waals surface area contributed by atoms with E-state index in [2.05, 4.69) is 0 Å². The Hall–Kier alpha value is -0.820. The Morgan fingerprint density at radius 3 is 2.39 bits per heavy atom. The Bertz CT molecular complexity index is 451. The molecule has 1 aromatic rings. The number of halogens is 1. The Labute approximate surface area is 115 Å². The molecule has 0 atom stereocenters. The van der Waals surface area contributed by atoms with Gasteiger partial charge < -0.3 is 0 Å². The highest BCUT2D eigenvalue weighted by atomic mass is 35.5. The zero-order valence-electron chi connectivity index (χ0n) is 11.4. The van der Waals surface area contributed by atoms with Crippen LogP contribution in [0.2, 0.25) is 5.02 Å². The molecule has 0 N–H and O–H groups in total. The second-order valence-corrected chi connectivity index (χ2v) is 6.70. The third-order valence-corrected chi connectivity index (χ3v) is 4.08. The predicted molar refractivity (Wildman–Crippen MR) is 76.4 cm³/mol. The molecular formula is C16H21ClO. The molecule has 0 aromatic heterocycles. The van der Waals surface area contributed by atoms with Crippen molar-refractivity contribution in [2.24, 2.45) is 5.41 Å². The van der Waals surface area contributed by atoms with Gasteiger partial charge in [-0.2, -0.15) is 0 Å². The van der Waals surface area contributed by atoms with Crippen LogP contribution >= 0.6 is 11.6 Å². The highest BCUT2D eigenvalue weighted by Crippen LogP contribution is 2.38. The summed E-state index contributed by atoms with van der Waals surface area (Å²) in [6.07, 6.45) is 4.96. The summed E-state index contributed by atoms with van der Waals surface area (Å²) in [5.74, 6) is 0.739. The maximum absolute atomic E-state index is 12.3. The number of rotatable bonds is 2. The van der Waals surface area contributed by atoms with Gasteiger partial charge >= 0.3 is 0 Å². The van der Waals surface area contributed by atoms with Crippen molar-refractivity contribution in [1.82, 2.24) is 0 Å². The summed E-state index contributed by atoms with van der Waals surface area (Å²) in [5, 5.41) is 0.812. The number of carbonyl (C=O) groups excluding carboxylic acids is 1. The molecule has 0 saturated heterocycles. The summed E-state index contributed by atoms with van der Waals surface area (Å²) in [4.78, 5) is 12.3. The molecule has 0 heterocycles. The Morgan fingerprint density at radius 1 is 1.22 bits per heavy atom. The topological polar surface area (TPSA) is 17.1 Å². The van der Waals surface area contributed by atoms with E-state index in [0.29, 0.717) is 5.92 Å². The minimum Gasteiger partial charge on any atom is -0.294 e. The number of benzene rings is 1. The fraction of sp³-hybridized carbons (Fsp3) is 0.562. The summed E-state index contributed by atoms with van der Waals surface area (Å²) in [7, 11) is 0. The molecule has 1 nitrogen and oxygen atoms in total. The highest BCUT2D eigenvalue weighted by molar-refractivity contribution is 6.31. The molecule has 0 amide bonds. The average Bonchev–Trinajstić information content (AvgIpc) is 2.81. The van der Waals surface area contributed by atoms with E-state index >= 15 is 0 Å². The lowest BCUT2D eigenvalue weighted by atomic mass is 9.85. The van der Waals surface area contributed by atoms with Crippen LogP contribution in [0.15, 0.2) is 18.2 Å². The molecule has 1 aromatic carbocycles. The fourth-order valence-corrected chi connectivity index (χ4v) is 2.94. The van der Waals surface area contributed by atoms with E-state index in [1.54, 1.807) is 0 Å². The molecule has 0 bridgehead atoms. The number of hydrogen-bond acceptors (Lipinski definition) is 1. The first-order valence-electron chi connectivity index (χ1n) is 6.74. The van der Waals surface area contributed by atoms with E-state index in [1.807, 2.05) is 39.0 Å². The van der Waals surface area contributed by atoms with Gasteiger partial charge in [0.2, 0.25) is 0 Å². The maximum Gasteiger partial charge on any atom is 0.168 e. The van der Waals surface area contributed by atoms with Crippen LogP contribution in [0.3, 0.4) is 0 Å². The van der Waals surface area contributed by atoms with Crippen LogP contribution in [0, 0.1) is 5.41 Å². The van der Waals surface area contributed by atoms with Crippen molar-refractivity contribution in [3.05, 3.63) is 34.3 Å². The molecule has 1 aliphatic carbocycles. The largest absolute Gasteiger partial charge is 0.294 e. The van der Waals surface area contributed by atoms with E-state index < -0.39 is 0 Å². The lowest BCUT2D eigenvalue weighted by molar-refractivity contribution is 0.0858. The van der Waals surface area contributed by atoms with E-state index in [1.165, 1.54) is 31.2 Å². The first-order chi connectivity index (χ1) is 8.39. The molecule has 1 aliphatic rings. The smallest absolute Gasteiger partial charge is 0.168 e. The van der Waals surface area contributed by atoms with Crippen LogP contribution in [0.5, 0.6) is 0 Å². The Morgan fingerprint density at radius 2 is 1.83 bits per heavy atom. The zero-order valence-corrected chi connectivity index (χ0v) is 12.2. The standard InChI is InChI=1S/C16H21ClO/c1-16(2,3)15(18)12-8-9-14(17)13(10-12)11-6-4-5-7-11/h8-11H,4-7H2,1-3H3. The normalized spacial score (nSPS) is 17.1. The van der Waals surface area contributed by atoms with Crippen molar-refractivity contribution in [2.45, 2.75) is 52.4 Å². The van der Waals surface area contributed by atoms with Gasteiger partial charge in [0.25, 0.3) is 0 Å². The van der Waals surface area contributed by atoms with E-state index in [-0.39, 0.29) is 11.2 Å². The molecule has 0 unspecified atom stereocenters. The molecule has 2 rings (SSSR count). The van der Waals surface area contributed by atoms with Crippen molar-refractivity contribution in [3.8, 4) is 0 Å². The molecule has 2 heteroatoms. The Kier molecular flexibility index (Phi) is 3.82. The highest BCUT2D eigenvalue weighted by Gasteiger charge is 2.25. The van der Waals surface area contributed by atoms with Crippen LogP contribution in [0.25, 0.3) is 0 Å². The third-order valence-electron chi connectivity index (χ3n) is 3.73.